The first-order valence-corrected chi connectivity index (χ1v) is 7.74. The molecule has 0 aliphatic heterocycles. The van der Waals surface area contributed by atoms with Gasteiger partial charge in [-0.05, 0) is 44.6 Å². The molecule has 0 saturated heterocycles. The molecule has 1 unspecified atom stereocenters. The zero-order chi connectivity index (χ0) is 15.0. The molecule has 2 fully saturated rings. The molecular weight excluding hydrogens is 268 g/mol. The number of carbonyl (C=O) groups is 1. The van der Waals surface area contributed by atoms with Crippen molar-refractivity contribution in [2.75, 3.05) is 6.61 Å². The summed E-state index contributed by atoms with van der Waals surface area (Å²) in [6.45, 7) is 4.29. The summed E-state index contributed by atoms with van der Waals surface area (Å²) in [7, 11) is 0. The largest absolute Gasteiger partial charge is 0.464 e. The van der Waals surface area contributed by atoms with E-state index < -0.39 is 0 Å². The molecule has 2 saturated carbocycles. The van der Waals surface area contributed by atoms with Crippen LogP contribution in [0.1, 0.15) is 43.5 Å². The average molecular weight is 290 g/mol. The van der Waals surface area contributed by atoms with E-state index in [2.05, 4.69) is 4.98 Å². The third-order valence-electron chi connectivity index (χ3n) is 4.98. The second-order valence-corrected chi connectivity index (χ2v) is 6.47. The third-order valence-corrected chi connectivity index (χ3v) is 4.98. The van der Waals surface area contributed by atoms with Crippen LogP contribution in [0.5, 0.6) is 0 Å². The van der Waals surface area contributed by atoms with Gasteiger partial charge in [0.25, 0.3) is 0 Å². The van der Waals surface area contributed by atoms with Crippen LogP contribution in [-0.4, -0.2) is 22.1 Å². The molecule has 2 aliphatic rings. The average Bonchev–Trinajstić information content (AvgIpc) is 2.90. The van der Waals surface area contributed by atoms with E-state index in [1.165, 1.54) is 25.7 Å². The first kappa shape index (κ1) is 14.3. The molecule has 0 amide bonds. The molecule has 5 nitrogen and oxygen atoms in total. The van der Waals surface area contributed by atoms with Gasteiger partial charge in [-0.25, -0.2) is 4.79 Å². The number of nitrogens with zero attached hydrogens (tertiary/aromatic N) is 2. The predicted octanol–water partition coefficient (Wildman–Crippen LogP) is 1.98. The summed E-state index contributed by atoms with van der Waals surface area (Å²) in [6.07, 6.45) is 5.83. The van der Waals surface area contributed by atoms with Gasteiger partial charge in [0.05, 0.1) is 12.5 Å². The number of esters is 1. The molecular formula is C16H22N2O3. The molecule has 1 heterocycles. The van der Waals surface area contributed by atoms with Crippen LogP contribution in [0.4, 0.5) is 0 Å². The second kappa shape index (κ2) is 5.28. The normalized spacial score (nSPS) is 22.5. The fourth-order valence-corrected chi connectivity index (χ4v) is 3.70. The van der Waals surface area contributed by atoms with Crippen molar-refractivity contribution >= 4 is 5.97 Å². The molecule has 0 radical (unpaired) electrons. The highest BCUT2D eigenvalue weighted by Gasteiger charge is 2.59. The predicted molar refractivity (Wildman–Crippen MR) is 77.9 cm³/mol. The smallest absolute Gasteiger partial charge is 0.348 e. The summed E-state index contributed by atoms with van der Waals surface area (Å²) >= 11 is 0. The Kier molecular flexibility index (Phi) is 3.59. The molecule has 3 rings (SSSR count). The van der Waals surface area contributed by atoms with Crippen molar-refractivity contribution in [2.24, 2.45) is 11.3 Å². The van der Waals surface area contributed by atoms with Crippen LogP contribution in [0.2, 0.25) is 0 Å². The van der Waals surface area contributed by atoms with E-state index in [0.29, 0.717) is 12.2 Å². The Morgan fingerprint density at radius 2 is 2.14 bits per heavy atom. The minimum absolute atomic E-state index is 0.0809. The summed E-state index contributed by atoms with van der Waals surface area (Å²) in [5.74, 6) is 0.0247. The van der Waals surface area contributed by atoms with Crippen molar-refractivity contribution in [3.63, 3.8) is 0 Å². The molecule has 1 atom stereocenters. The van der Waals surface area contributed by atoms with E-state index in [9.17, 15) is 9.59 Å². The van der Waals surface area contributed by atoms with Gasteiger partial charge in [0.15, 0.2) is 0 Å². The molecule has 0 bridgehead atoms. The molecule has 2 aliphatic carbocycles. The fraction of sp³-hybridized carbons (Fsp3) is 0.688. The third kappa shape index (κ3) is 2.74. The van der Waals surface area contributed by atoms with Gasteiger partial charge >= 0.3 is 11.7 Å². The first-order chi connectivity index (χ1) is 10.0. The first-order valence-electron chi connectivity index (χ1n) is 7.74. The van der Waals surface area contributed by atoms with Gasteiger partial charge in [-0.2, -0.15) is 4.98 Å². The van der Waals surface area contributed by atoms with E-state index in [1.807, 2.05) is 13.0 Å². The quantitative estimate of drug-likeness (QED) is 0.796. The summed E-state index contributed by atoms with van der Waals surface area (Å²) in [6, 6.07) is 1.86. The standard InChI is InChI=1S/C16H22N2O3/c1-11-9-12(2)18(15(20)17-11)7-8-21-14(19)13-10-16(13)5-3-4-6-16/h9,13H,3-8,10H2,1-2H3. The minimum Gasteiger partial charge on any atom is -0.464 e. The number of hydrogen-bond donors (Lipinski definition) is 0. The maximum Gasteiger partial charge on any atom is 0.348 e. The molecule has 21 heavy (non-hydrogen) atoms. The van der Waals surface area contributed by atoms with Crippen LogP contribution in [0, 0.1) is 25.2 Å². The lowest BCUT2D eigenvalue weighted by Crippen LogP contribution is -2.28. The van der Waals surface area contributed by atoms with Gasteiger partial charge in [-0.15, -0.1) is 0 Å². The van der Waals surface area contributed by atoms with Crippen LogP contribution in [0.3, 0.4) is 0 Å². The van der Waals surface area contributed by atoms with Gasteiger partial charge in [0.2, 0.25) is 0 Å². The van der Waals surface area contributed by atoms with Crippen molar-refractivity contribution in [1.29, 1.82) is 0 Å². The number of carbonyl (C=O) groups excluding carboxylic acids is 1. The van der Waals surface area contributed by atoms with Gasteiger partial charge in [0.1, 0.15) is 6.61 Å². The Morgan fingerprint density at radius 1 is 1.43 bits per heavy atom. The van der Waals surface area contributed by atoms with E-state index in [0.717, 1.165) is 12.1 Å². The van der Waals surface area contributed by atoms with Crippen LogP contribution < -0.4 is 5.69 Å². The van der Waals surface area contributed by atoms with Crippen LogP contribution >= 0.6 is 0 Å². The fourth-order valence-electron chi connectivity index (χ4n) is 3.70. The molecule has 1 aromatic rings. The number of aryl methyl sites for hydroxylation is 2. The Labute approximate surface area is 124 Å². The van der Waals surface area contributed by atoms with Crippen molar-refractivity contribution in [3.05, 3.63) is 27.9 Å². The number of aromatic nitrogens is 2. The summed E-state index contributed by atoms with van der Waals surface area (Å²) < 4.78 is 6.92. The topological polar surface area (TPSA) is 61.2 Å². The summed E-state index contributed by atoms with van der Waals surface area (Å²) in [5, 5.41) is 0. The van der Waals surface area contributed by atoms with E-state index in [4.69, 9.17) is 4.74 Å². The highest BCUT2D eigenvalue weighted by molar-refractivity contribution is 5.77. The van der Waals surface area contributed by atoms with Gasteiger partial charge in [0, 0.05) is 11.4 Å². The highest BCUT2D eigenvalue weighted by Crippen LogP contribution is 2.63. The molecule has 114 valence electrons. The van der Waals surface area contributed by atoms with Crippen LogP contribution in [0.25, 0.3) is 0 Å². The maximum atomic E-state index is 12.1. The van der Waals surface area contributed by atoms with E-state index in [-0.39, 0.29) is 29.6 Å². The number of hydrogen-bond acceptors (Lipinski definition) is 4. The maximum absolute atomic E-state index is 12.1. The van der Waals surface area contributed by atoms with E-state index >= 15 is 0 Å². The Balaban J connectivity index is 1.53. The summed E-state index contributed by atoms with van der Waals surface area (Å²) in [4.78, 5) is 27.8. The molecule has 5 heteroatoms. The summed E-state index contributed by atoms with van der Waals surface area (Å²) in [5.41, 5.74) is 1.56. The molecule has 0 N–H and O–H groups in total. The Morgan fingerprint density at radius 3 is 2.81 bits per heavy atom. The van der Waals surface area contributed by atoms with Gasteiger partial charge in [-0.1, -0.05) is 12.8 Å². The SMILES string of the molecule is Cc1cc(C)n(CCOC(=O)C2CC23CCCC3)c(=O)n1. The zero-order valence-corrected chi connectivity index (χ0v) is 12.7. The Bertz CT molecular complexity index is 614. The second-order valence-electron chi connectivity index (χ2n) is 6.47. The highest BCUT2D eigenvalue weighted by atomic mass is 16.5. The monoisotopic (exact) mass is 290 g/mol. The van der Waals surface area contributed by atoms with Crippen LogP contribution in [0.15, 0.2) is 10.9 Å². The lowest BCUT2D eigenvalue weighted by atomic mass is 10.0. The van der Waals surface area contributed by atoms with Crippen molar-refractivity contribution in [1.82, 2.24) is 9.55 Å². The minimum atomic E-state index is -0.276. The van der Waals surface area contributed by atoms with Crippen molar-refractivity contribution < 1.29 is 9.53 Å². The Hall–Kier alpha value is -1.65. The lowest BCUT2D eigenvalue weighted by molar-refractivity contribution is -0.146. The van der Waals surface area contributed by atoms with Crippen LogP contribution in [-0.2, 0) is 16.1 Å². The zero-order valence-electron chi connectivity index (χ0n) is 12.7. The van der Waals surface area contributed by atoms with E-state index in [1.54, 1.807) is 11.5 Å². The molecule has 1 aromatic heterocycles. The lowest BCUT2D eigenvalue weighted by Gasteiger charge is -2.11. The van der Waals surface area contributed by atoms with Crippen molar-refractivity contribution in [2.45, 2.75) is 52.5 Å². The number of rotatable bonds is 4. The van der Waals surface area contributed by atoms with Gasteiger partial charge < -0.3 is 4.74 Å². The van der Waals surface area contributed by atoms with Gasteiger partial charge in [-0.3, -0.25) is 9.36 Å². The molecule has 0 aromatic carbocycles. The number of ether oxygens (including phenoxy) is 1. The molecule has 1 spiro atoms. The van der Waals surface area contributed by atoms with Crippen molar-refractivity contribution in [3.8, 4) is 0 Å².